The highest BCUT2D eigenvalue weighted by atomic mass is 35.5. The molecule has 0 aliphatic carbocycles. The minimum absolute atomic E-state index is 0.323. The highest BCUT2D eigenvalue weighted by Gasteiger charge is 2.25. The van der Waals surface area contributed by atoms with E-state index in [1.54, 1.807) is 7.05 Å². The Balaban J connectivity index is 1.88. The predicted octanol–water partition coefficient (Wildman–Crippen LogP) is 0.950. The van der Waals surface area contributed by atoms with E-state index in [2.05, 4.69) is 6.92 Å². The lowest BCUT2D eigenvalue weighted by Crippen LogP contribution is -3.12. The number of halogens is 1. The Labute approximate surface area is 174 Å². The van der Waals surface area contributed by atoms with Crippen molar-refractivity contribution in [2.45, 2.75) is 32.9 Å². The van der Waals surface area contributed by atoms with Crippen LogP contribution in [-0.2, 0) is 27.2 Å². The number of benzene rings is 1. The lowest BCUT2D eigenvalue weighted by Gasteiger charge is -2.27. The summed E-state index contributed by atoms with van der Waals surface area (Å²) >= 11 is 6.41. The molecule has 0 spiro atoms. The fourth-order valence-corrected chi connectivity index (χ4v) is 4.57. The first-order valence-electron chi connectivity index (χ1n) is 10.1. The Morgan fingerprint density at radius 3 is 2.69 bits per heavy atom. The molecule has 1 N–H and O–H groups in total. The number of hydrogen-bond acceptors (Lipinski definition) is 3. The number of imidazole rings is 1. The van der Waals surface area contributed by atoms with Gasteiger partial charge < -0.3 is 9.47 Å². The van der Waals surface area contributed by atoms with Crippen molar-refractivity contribution in [3.05, 3.63) is 61.5 Å². The summed E-state index contributed by atoms with van der Waals surface area (Å²) in [5, 5.41) is 0.654. The molecule has 8 heteroatoms. The Morgan fingerprint density at radius 1 is 1.21 bits per heavy atom. The van der Waals surface area contributed by atoms with E-state index in [0.29, 0.717) is 28.6 Å². The van der Waals surface area contributed by atoms with Crippen molar-refractivity contribution in [1.29, 1.82) is 0 Å². The number of aromatic nitrogens is 4. The summed E-state index contributed by atoms with van der Waals surface area (Å²) in [5.74, 6) is 1.50. The van der Waals surface area contributed by atoms with Crippen molar-refractivity contribution in [2.24, 2.45) is 20.0 Å². The minimum atomic E-state index is -0.365. The SMILES string of the molecule is C[C@H]1CCC[NH+](Cc2nc3c(c(=O)n(C)c(=O)n3C)n2Cc2ccccc2Cl)C1. The van der Waals surface area contributed by atoms with Gasteiger partial charge in [-0.1, -0.05) is 36.7 Å². The van der Waals surface area contributed by atoms with Gasteiger partial charge in [-0.3, -0.25) is 13.9 Å². The number of rotatable bonds is 4. The van der Waals surface area contributed by atoms with E-state index in [-0.39, 0.29) is 11.2 Å². The highest BCUT2D eigenvalue weighted by molar-refractivity contribution is 6.31. The Kier molecular flexibility index (Phi) is 5.36. The molecule has 1 aliphatic heterocycles. The monoisotopic (exact) mass is 416 g/mol. The van der Waals surface area contributed by atoms with E-state index >= 15 is 0 Å². The van der Waals surface area contributed by atoms with Gasteiger partial charge in [-0.15, -0.1) is 0 Å². The molecule has 3 aromatic rings. The van der Waals surface area contributed by atoms with Crippen LogP contribution in [0, 0.1) is 5.92 Å². The Hall–Kier alpha value is -2.38. The smallest absolute Gasteiger partial charge is 0.328 e. The standard InChI is InChI=1S/C21H26ClN5O2/c1-14-7-6-10-26(11-14)13-17-23-19-18(20(28)25(3)21(29)24(19)2)27(17)12-15-8-4-5-9-16(15)22/h4-5,8-9,14H,6-7,10-13H2,1-3H3/p+1/t14-/m0/s1. The molecule has 2 aromatic heterocycles. The number of nitrogens with zero attached hydrogens (tertiary/aromatic N) is 4. The normalized spacial score (nSPS) is 19.7. The summed E-state index contributed by atoms with van der Waals surface area (Å²) in [7, 11) is 3.17. The number of quaternary nitrogens is 1. The maximum absolute atomic E-state index is 13.0. The third kappa shape index (κ3) is 3.65. The van der Waals surface area contributed by atoms with Gasteiger partial charge in [0, 0.05) is 25.0 Å². The molecule has 0 radical (unpaired) electrons. The molecule has 1 saturated heterocycles. The van der Waals surface area contributed by atoms with Gasteiger partial charge in [-0.2, -0.15) is 0 Å². The molecule has 2 atom stereocenters. The zero-order valence-corrected chi connectivity index (χ0v) is 17.9. The number of nitrogens with one attached hydrogen (secondary N) is 1. The summed E-state index contributed by atoms with van der Waals surface area (Å²) in [6.45, 7) is 5.64. The number of piperidine rings is 1. The van der Waals surface area contributed by atoms with Gasteiger partial charge >= 0.3 is 5.69 Å². The van der Waals surface area contributed by atoms with Gasteiger partial charge in [-0.05, 0) is 24.5 Å². The topological polar surface area (TPSA) is 66.3 Å². The second kappa shape index (κ2) is 7.80. The second-order valence-corrected chi connectivity index (χ2v) is 8.62. The first-order chi connectivity index (χ1) is 13.9. The average Bonchev–Trinajstić information content (AvgIpc) is 3.04. The van der Waals surface area contributed by atoms with Crippen LogP contribution in [0.3, 0.4) is 0 Å². The minimum Gasteiger partial charge on any atom is -0.328 e. The Morgan fingerprint density at radius 2 is 1.97 bits per heavy atom. The molecular formula is C21H27ClN5O2+. The quantitative estimate of drug-likeness (QED) is 0.688. The van der Waals surface area contributed by atoms with Crippen LogP contribution in [0.5, 0.6) is 0 Å². The van der Waals surface area contributed by atoms with E-state index in [9.17, 15) is 9.59 Å². The summed E-state index contributed by atoms with van der Waals surface area (Å²) in [6.07, 6.45) is 2.45. The van der Waals surface area contributed by atoms with Gasteiger partial charge in [0.15, 0.2) is 17.0 Å². The molecule has 7 nitrogen and oxygen atoms in total. The molecule has 1 aromatic carbocycles. The van der Waals surface area contributed by atoms with Crippen LogP contribution in [0.4, 0.5) is 0 Å². The van der Waals surface area contributed by atoms with E-state index < -0.39 is 0 Å². The molecule has 0 bridgehead atoms. The van der Waals surface area contributed by atoms with Crippen LogP contribution >= 0.6 is 11.6 Å². The lowest BCUT2D eigenvalue weighted by molar-refractivity contribution is -0.922. The third-order valence-electron chi connectivity index (χ3n) is 5.99. The van der Waals surface area contributed by atoms with E-state index in [4.69, 9.17) is 16.6 Å². The number of hydrogen-bond donors (Lipinski definition) is 1. The van der Waals surface area contributed by atoms with Crippen LogP contribution < -0.4 is 16.1 Å². The maximum atomic E-state index is 13.0. The zero-order valence-electron chi connectivity index (χ0n) is 17.1. The average molecular weight is 417 g/mol. The van der Waals surface area contributed by atoms with Crippen molar-refractivity contribution in [2.75, 3.05) is 13.1 Å². The summed E-state index contributed by atoms with van der Waals surface area (Å²) in [5.41, 5.74) is 1.12. The van der Waals surface area contributed by atoms with Crippen LogP contribution in [0.1, 0.15) is 31.2 Å². The maximum Gasteiger partial charge on any atom is 0.332 e. The number of fused-ring (bicyclic) bond motifs is 1. The molecule has 4 rings (SSSR count). The molecule has 29 heavy (non-hydrogen) atoms. The molecule has 1 unspecified atom stereocenters. The summed E-state index contributed by atoms with van der Waals surface area (Å²) in [4.78, 5) is 31.7. The molecule has 1 fully saturated rings. The van der Waals surface area contributed by atoms with Crippen molar-refractivity contribution in [3.63, 3.8) is 0 Å². The number of aryl methyl sites for hydroxylation is 1. The predicted molar refractivity (Wildman–Crippen MR) is 114 cm³/mol. The fraction of sp³-hybridized carbons (Fsp3) is 0.476. The molecule has 154 valence electrons. The zero-order chi connectivity index (χ0) is 20.7. The van der Waals surface area contributed by atoms with E-state index in [0.717, 1.165) is 35.6 Å². The molecule has 3 heterocycles. The number of likely N-dealkylation sites (tertiary alicyclic amines) is 1. The van der Waals surface area contributed by atoms with Crippen LogP contribution in [0.25, 0.3) is 11.2 Å². The van der Waals surface area contributed by atoms with Crippen LogP contribution in [-0.4, -0.2) is 31.8 Å². The van der Waals surface area contributed by atoms with E-state index in [1.165, 1.54) is 29.4 Å². The van der Waals surface area contributed by atoms with Crippen molar-refractivity contribution >= 4 is 22.8 Å². The Bertz CT molecular complexity index is 1180. The molecule has 0 amide bonds. The van der Waals surface area contributed by atoms with Crippen molar-refractivity contribution in [1.82, 2.24) is 18.7 Å². The summed E-state index contributed by atoms with van der Waals surface area (Å²) < 4.78 is 4.55. The van der Waals surface area contributed by atoms with Crippen molar-refractivity contribution < 1.29 is 4.90 Å². The third-order valence-corrected chi connectivity index (χ3v) is 6.35. The van der Waals surface area contributed by atoms with Gasteiger partial charge in [-0.25, -0.2) is 9.78 Å². The molecule has 1 aliphatic rings. The van der Waals surface area contributed by atoms with Gasteiger partial charge in [0.1, 0.15) is 6.54 Å². The van der Waals surface area contributed by atoms with E-state index in [1.807, 2.05) is 28.8 Å². The van der Waals surface area contributed by atoms with Crippen molar-refractivity contribution in [3.8, 4) is 0 Å². The second-order valence-electron chi connectivity index (χ2n) is 8.21. The molecule has 0 saturated carbocycles. The molecular weight excluding hydrogens is 390 g/mol. The first kappa shape index (κ1) is 19.9. The fourth-order valence-electron chi connectivity index (χ4n) is 4.38. The largest absolute Gasteiger partial charge is 0.332 e. The lowest BCUT2D eigenvalue weighted by atomic mass is 10.0. The van der Waals surface area contributed by atoms with Gasteiger partial charge in [0.2, 0.25) is 0 Å². The highest BCUT2D eigenvalue weighted by Crippen LogP contribution is 2.20. The summed E-state index contributed by atoms with van der Waals surface area (Å²) in [6, 6.07) is 7.63. The van der Waals surface area contributed by atoms with Crippen LogP contribution in [0.2, 0.25) is 5.02 Å². The van der Waals surface area contributed by atoms with Gasteiger partial charge in [0.05, 0.1) is 19.6 Å². The van der Waals surface area contributed by atoms with Crippen LogP contribution in [0.15, 0.2) is 33.9 Å². The van der Waals surface area contributed by atoms with Gasteiger partial charge in [0.25, 0.3) is 5.56 Å². The first-order valence-corrected chi connectivity index (χ1v) is 10.5.